The molecule has 4 aliphatic carbocycles. The molecule has 0 radical (unpaired) electrons. The minimum absolute atomic E-state index is 0.0146. The van der Waals surface area contributed by atoms with E-state index in [9.17, 15) is 44.1 Å². The smallest absolute Gasteiger partial charge is 0.396 e. The molecule has 0 amide bonds. The number of alkyl halides is 4. The van der Waals surface area contributed by atoms with Crippen molar-refractivity contribution in [3.05, 3.63) is 91.0 Å². The van der Waals surface area contributed by atoms with Crippen LogP contribution in [0, 0.1) is 17.3 Å². The van der Waals surface area contributed by atoms with Gasteiger partial charge in [-0.1, -0.05) is 54.6 Å². The Bertz CT molecular complexity index is 1620. The maximum atomic E-state index is 13.4. The zero-order chi connectivity index (χ0) is 34.1. The molecule has 0 aliphatic heterocycles. The molecule has 0 spiro atoms. The Hall–Kier alpha value is -2.49. The van der Waals surface area contributed by atoms with Gasteiger partial charge in [0.15, 0.2) is 24.8 Å². The molecule has 4 fully saturated rings. The first-order valence-electron chi connectivity index (χ1n) is 15.1. The summed E-state index contributed by atoms with van der Waals surface area (Å²) >= 11 is 0. The number of benzene rings is 3. The topological polar surface area (TPSA) is 121 Å². The molecule has 4 saturated carbocycles. The van der Waals surface area contributed by atoms with Crippen LogP contribution in [-0.2, 0) is 35.3 Å². The Morgan fingerprint density at radius 1 is 0.766 bits per heavy atom. The van der Waals surface area contributed by atoms with Crippen molar-refractivity contribution in [2.75, 3.05) is 12.4 Å². The summed E-state index contributed by atoms with van der Waals surface area (Å²) < 4.78 is 113. The highest BCUT2D eigenvalue weighted by Gasteiger charge is 2.62. The lowest BCUT2D eigenvalue weighted by Crippen LogP contribution is -2.57. The summed E-state index contributed by atoms with van der Waals surface area (Å²) in [5, 5.41) is 4.67. The molecular formula is C33H36F4O7S3. The lowest BCUT2D eigenvalue weighted by atomic mass is 9.48. The van der Waals surface area contributed by atoms with Gasteiger partial charge >= 0.3 is 11.2 Å². The number of aliphatic hydroxyl groups is 1. The van der Waals surface area contributed by atoms with E-state index in [1.54, 1.807) is 0 Å². The molecule has 4 bridgehead atoms. The molecule has 0 heterocycles. The Balaban J connectivity index is 0.000000198. The van der Waals surface area contributed by atoms with Gasteiger partial charge in [0.1, 0.15) is 0 Å². The van der Waals surface area contributed by atoms with E-state index in [0.29, 0.717) is 32.1 Å². The van der Waals surface area contributed by atoms with E-state index >= 15 is 0 Å². The molecule has 3 aromatic rings. The summed E-state index contributed by atoms with van der Waals surface area (Å²) in [6, 6.07) is 32.2. The molecule has 256 valence electrons. The minimum Gasteiger partial charge on any atom is -0.743 e. The number of hydrogen-bond acceptors (Lipinski definition) is 7. The zero-order valence-corrected chi connectivity index (χ0v) is 27.8. The first-order valence-corrected chi connectivity index (χ1v) is 19.3. The van der Waals surface area contributed by atoms with Crippen molar-refractivity contribution >= 4 is 31.1 Å². The fraction of sp³-hybridized carbons (Fsp3) is 0.455. The molecule has 7 nitrogen and oxygen atoms in total. The summed E-state index contributed by atoms with van der Waals surface area (Å²) in [6.07, 6.45) is 1.69. The molecule has 1 N–H and O–H groups in total. The van der Waals surface area contributed by atoms with Crippen LogP contribution in [0.2, 0.25) is 0 Å². The summed E-state index contributed by atoms with van der Waals surface area (Å²) in [7, 11) is -11.4. The zero-order valence-electron chi connectivity index (χ0n) is 25.3. The van der Waals surface area contributed by atoms with Gasteiger partial charge in [0.2, 0.25) is 0 Å². The van der Waals surface area contributed by atoms with E-state index in [2.05, 4.69) is 91.0 Å². The van der Waals surface area contributed by atoms with Crippen molar-refractivity contribution in [2.45, 2.75) is 76.4 Å². The molecule has 0 saturated heterocycles. The highest BCUT2D eigenvalue weighted by atomic mass is 32.2. The normalized spacial score (nSPS) is 25.8. The van der Waals surface area contributed by atoms with Crippen LogP contribution in [-0.4, -0.2) is 55.6 Å². The standard InChI is InChI=1S/C18H15S.C15H22F4O7S2/c1-4-10-16(11-5-1)19(17-12-6-2-7-13-17)18-14-8-3-9-15-18;16-14(17,15(18,19)28(23,24)25)1-2-27(21,22)26-9-12-4-10-3-11(5-12)7-13(20,6-10)8-12/h1-15H;10-11,20H,1-9H2,(H,23,24,25)/q+1;/p-1. The molecule has 2 atom stereocenters. The minimum atomic E-state index is -6.67. The lowest BCUT2D eigenvalue weighted by molar-refractivity contribution is -0.172. The van der Waals surface area contributed by atoms with E-state index in [1.165, 1.54) is 14.7 Å². The van der Waals surface area contributed by atoms with Gasteiger partial charge in [0.05, 0.1) is 28.9 Å². The van der Waals surface area contributed by atoms with Crippen LogP contribution in [0.1, 0.15) is 44.9 Å². The van der Waals surface area contributed by atoms with Crippen molar-refractivity contribution in [3.63, 3.8) is 0 Å². The van der Waals surface area contributed by atoms with Gasteiger partial charge in [-0.15, -0.1) is 0 Å². The number of hydrogen-bond donors (Lipinski definition) is 1. The van der Waals surface area contributed by atoms with E-state index in [1.807, 2.05) is 0 Å². The average molecular weight is 717 g/mol. The molecule has 47 heavy (non-hydrogen) atoms. The second-order valence-electron chi connectivity index (χ2n) is 12.9. The van der Waals surface area contributed by atoms with E-state index in [4.69, 9.17) is 4.18 Å². The highest BCUT2D eigenvalue weighted by molar-refractivity contribution is 7.97. The van der Waals surface area contributed by atoms with Crippen LogP contribution < -0.4 is 0 Å². The van der Waals surface area contributed by atoms with Crippen LogP contribution in [0.15, 0.2) is 106 Å². The largest absolute Gasteiger partial charge is 0.743 e. The molecular weight excluding hydrogens is 681 g/mol. The fourth-order valence-electron chi connectivity index (χ4n) is 7.50. The summed E-state index contributed by atoms with van der Waals surface area (Å²) in [5.41, 5.74) is -1.51. The first-order chi connectivity index (χ1) is 21.9. The average Bonchev–Trinajstić information content (AvgIpc) is 3.00. The maximum Gasteiger partial charge on any atom is 0.396 e. The van der Waals surface area contributed by atoms with Gasteiger partial charge < -0.3 is 9.66 Å². The molecule has 4 aliphatic rings. The van der Waals surface area contributed by atoms with Crippen LogP contribution in [0.25, 0.3) is 0 Å². The van der Waals surface area contributed by atoms with Gasteiger partial charge in [-0.3, -0.25) is 4.18 Å². The van der Waals surface area contributed by atoms with Gasteiger partial charge in [-0.2, -0.15) is 26.0 Å². The predicted molar refractivity (Wildman–Crippen MR) is 168 cm³/mol. The SMILES string of the molecule is O=S(=O)(CCC(F)(F)C(F)(F)S(=O)(=O)[O-])OCC12CC3CC(CC(O)(C3)C1)C2.c1ccc([S+](c2ccccc2)c2ccccc2)cc1. The maximum absolute atomic E-state index is 13.4. The van der Waals surface area contributed by atoms with Crippen molar-refractivity contribution in [3.8, 4) is 0 Å². The Kier molecular flexibility index (Phi) is 10.2. The van der Waals surface area contributed by atoms with Gasteiger partial charge in [0, 0.05) is 6.42 Å². The third kappa shape index (κ3) is 8.22. The molecule has 2 unspecified atom stereocenters. The quantitative estimate of drug-likeness (QED) is 0.103. The summed E-state index contributed by atoms with van der Waals surface area (Å²) in [5.74, 6) is -6.48. The first kappa shape index (κ1) is 35.8. The molecule has 0 aromatic heterocycles. The van der Waals surface area contributed by atoms with Crippen LogP contribution in [0.5, 0.6) is 0 Å². The van der Waals surface area contributed by atoms with Crippen LogP contribution in [0.4, 0.5) is 17.6 Å². The van der Waals surface area contributed by atoms with Crippen molar-refractivity contribution in [1.29, 1.82) is 0 Å². The van der Waals surface area contributed by atoms with Crippen molar-refractivity contribution in [1.82, 2.24) is 0 Å². The molecule has 7 rings (SSSR count). The predicted octanol–water partition coefficient (Wildman–Crippen LogP) is 6.61. The van der Waals surface area contributed by atoms with Gasteiger partial charge in [-0.05, 0) is 92.2 Å². The Labute approximate surface area is 275 Å². The van der Waals surface area contributed by atoms with E-state index < -0.39 is 54.6 Å². The highest BCUT2D eigenvalue weighted by Crippen LogP contribution is 2.61. The summed E-state index contributed by atoms with van der Waals surface area (Å²) in [6.45, 7) is -0.355. The van der Waals surface area contributed by atoms with Crippen LogP contribution in [0.3, 0.4) is 0 Å². The molecule has 3 aromatic carbocycles. The molecule has 14 heteroatoms. The summed E-state index contributed by atoms with van der Waals surface area (Å²) in [4.78, 5) is 4.08. The number of rotatable bonds is 11. The second-order valence-corrected chi connectivity index (χ2v) is 18.1. The van der Waals surface area contributed by atoms with Gasteiger partial charge in [0.25, 0.3) is 10.1 Å². The van der Waals surface area contributed by atoms with Gasteiger partial charge in [-0.25, -0.2) is 8.42 Å². The fourth-order valence-corrected chi connectivity index (χ4v) is 11.1. The Morgan fingerprint density at radius 3 is 1.57 bits per heavy atom. The Morgan fingerprint density at radius 2 is 1.19 bits per heavy atom. The third-order valence-electron chi connectivity index (χ3n) is 9.04. The third-order valence-corrected chi connectivity index (χ3v) is 13.4. The second kappa shape index (κ2) is 13.4. The number of halogens is 4. The van der Waals surface area contributed by atoms with Crippen molar-refractivity contribution in [2.24, 2.45) is 17.3 Å². The van der Waals surface area contributed by atoms with E-state index in [0.717, 1.165) is 6.42 Å². The monoisotopic (exact) mass is 716 g/mol. The van der Waals surface area contributed by atoms with Crippen molar-refractivity contribution < 1.29 is 48.2 Å². The van der Waals surface area contributed by atoms with E-state index in [-0.39, 0.29) is 29.3 Å². The lowest BCUT2D eigenvalue weighted by Gasteiger charge is -2.60. The van der Waals surface area contributed by atoms with Crippen LogP contribution >= 0.6 is 0 Å².